The van der Waals surface area contributed by atoms with Gasteiger partial charge in [0.1, 0.15) is 5.69 Å². The minimum atomic E-state index is -3.57. The van der Waals surface area contributed by atoms with Crippen LogP contribution in [0.3, 0.4) is 0 Å². The van der Waals surface area contributed by atoms with Crippen molar-refractivity contribution in [2.24, 2.45) is 0 Å². The van der Waals surface area contributed by atoms with E-state index in [1.54, 1.807) is 19.9 Å². The van der Waals surface area contributed by atoms with E-state index in [2.05, 4.69) is 20.0 Å². The molecule has 0 saturated heterocycles. The molecule has 0 bridgehead atoms. The summed E-state index contributed by atoms with van der Waals surface area (Å²) in [6.07, 6.45) is 1.41. The molecule has 8 heteroatoms. The molecule has 26 heavy (non-hydrogen) atoms. The lowest BCUT2D eigenvalue weighted by atomic mass is 10.3. The van der Waals surface area contributed by atoms with Crippen molar-refractivity contribution in [3.63, 3.8) is 0 Å². The fourth-order valence-corrected chi connectivity index (χ4v) is 3.61. The van der Waals surface area contributed by atoms with Gasteiger partial charge in [0, 0.05) is 11.7 Å². The van der Waals surface area contributed by atoms with Gasteiger partial charge < -0.3 is 5.32 Å². The topological polar surface area (TPSA) is 101 Å². The number of carbonyl (C=O) groups is 1. The number of hydrogen-bond acceptors (Lipinski definition) is 5. The van der Waals surface area contributed by atoms with Crippen LogP contribution in [0.1, 0.15) is 24.3 Å². The molecular formula is C18H18N4O3S. The zero-order valence-corrected chi connectivity index (χ0v) is 15.1. The molecule has 0 aliphatic rings. The van der Waals surface area contributed by atoms with Gasteiger partial charge in [-0.2, -0.15) is 0 Å². The lowest BCUT2D eigenvalue weighted by Crippen LogP contribution is -2.30. The molecule has 134 valence electrons. The number of amides is 1. The molecule has 7 nitrogen and oxygen atoms in total. The Morgan fingerprint density at radius 2 is 1.65 bits per heavy atom. The molecule has 2 N–H and O–H groups in total. The molecule has 0 aliphatic carbocycles. The highest BCUT2D eigenvalue weighted by Crippen LogP contribution is 2.16. The number of aromatic nitrogens is 2. The first kappa shape index (κ1) is 18.0. The van der Waals surface area contributed by atoms with Gasteiger partial charge in [0.25, 0.3) is 5.91 Å². The molecule has 3 rings (SSSR count). The van der Waals surface area contributed by atoms with Crippen LogP contribution in [0.15, 0.2) is 59.6 Å². The van der Waals surface area contributed by atoms with Crippen LogP contribution in [0.4, 0.5) is 5.69 Å². The van der Waals surface area contributed by atoms with E-state index in [-0.39, 0.29) is 16.6 Å². The monoisotopic (exact) mass is 370 g/mol. The molecule has 0 aliphatic heterocycles. The lowest BCUT2D eigenvalue weighted by molar-refractivity contribution is 0.102. The summed E-state index contributed by atoms with van der Waals surface area (Å²) in [7, 11) is -3.57. The number of benzene rings is 2. The normalized spacial score (nSPS) is 11.7. The zero-order valence-electron chi connectivity index (χ0n) is 14.3. The predicted molar refractivity (Wildman–Crippen MR) is 99.4 cm³/mol. The van der Waals surface area contributed by atoms with Crippen molar-refractivity contribution in [1.29, 1.82) is 0 Å². The van der Waals surface area contributed by atoms with E-state index in [1.165, 1.54) is 30.5 Å². The molecule has 0 atom stereocenters. The van der Waals surface area contributed by atoms with Crippen LogP contribution >= 0.6 is 0 Å². The average molecular weight is 370 g/mol. The minimum Gasteiger partial charge on any atom is -0.321 e. The van der Waals surface area contributed by atoms with Crippen molar-refractivity contribution in [3.8, 4) is 0 Å². The zero-order chi connectivity index (χ0) is 18.7. The van der Waals surface area contributed by atoms with Crippen LogP contribution in [0.2, 0.25) is 0 Å². The molecule has 1 amide bonds. The molecule has 0 unspecified atom stereocenters. The highest BCUT2D eigenvalue weighted by molar-refractivity contribution is 7.89. The molecule has 0 fully saturated rings. The summed E-state index contributed by atoms with van der Waals surface area (Å²) in [5.74, 6) is -0.417. The van der Waals surface area contributed by atoms with E-state index < -0.39 is 15.9 Å². The van der Waals surface area contributed by atoms with Crippen molar-refractivity contribution in [1.82, 2.24) is 14.7 Å². The van der Waals surface area contributed by atoms with Crippen molar-refractivity contribution in [2.75, 3.05) is 5.32 Å². The largest absolute Gasteiger partial charge is 0.321 e. The van der Waals surface area contributed by atoms with Crippen LogP contribution in [0, 0.1) is 0 Å². The first-order valence-electron chi connectivity index (χ1n) is 8.01. The molecule has 1 heterocycles. The summed E-state index contributed by atoms with van der Waals surface area (Å²) in [4.78, 5) is 21.0. The summed E-state index contributed by atoms with van der Waals surface area (Å²) in [5.41, 5.74) is 1.98. The average Bonchev–Trinajstić information content (AvgIpc) is 2.60. The number of sulfonamides is 1. The molecular weight excluding hydrogens is 352 g/mol. The predicted octanol–water partition coefficient (Wildman–Crippen LogP) is 2.57. The van der Waals surface area contributed by atoms with E-state index in [1.807, 2.05) is 18.2 Å². The van der Waals surface area contributed by atoms with Crippen LogP contribution < -0.4 is 10.0 Å². The Kier molecular flexibility index (Phi) is 4.97. The van der Waals surface area contributed by atoms with E-state index in [0.29, 0.717) is 16.7 Å². The summed E-state index contributed by atoms with van der Waals surface area (Å²) in [6.45, 7) is 3.49. The molecule has 0 saturated carbocycles. The van der Waals surface area contributed by atoms with Crippen LogP contribution in [-0.2, 0) is 10.0 Å². The lowest BCUT2D eigenvalue weighted by Gasteiger charge is -2.10. The number of para-hydroxylation sites is 2. The first-order valence-corrected chi connectivity index (χ1v) is 9.49. The fraction of sp³-hybridized carbons (Fsp3) is 0.167. The first-order chi connectivity index (χ1) is 12.3. The smallest absolute Gasteiger partial charge is 0.275 e. The van der Waals surface area contributed by atoms with E-state index >= 15 is 0 Å². The van der Waals surface area contributed by atoms with Gasteiger partial charge in [0.05, 0.1) is 22.1 Å². The standard InChI is InChI=1S/C18H18N4O3S/c1-12(2)22-26(24,25)14-9-7-13(8-10-14)20-18(23)17-11-19-15-5-3-4-6-16(15)21-17/h3-12,22H,1-2H3,(H,20,23). The third-order valence-corrected chi connectivity index (χ3v) is 5.17. The fourth-order valence-electron chi connectivity index (χ4n) is 2.36. The van der Waals surface area contributed by atoms with E-state index in [4.69, 9.17) is 0 Å². The molecule has 0 spiro atoms. The Morgan fingerprint density at radius 1 is 1.00 bits per heavy atom. The number of nitrogens with zero attached hydrogens (tertiary/aromatic N) is 2. The molecule has 3 aromatic rings. The second-order valence-electron chi connectivity index (χ2n) is 6.00. The van der Waals surface area contributed by atoms with E-state index in [0.717, 1.165) is 0 Å². The summed E-state index contributed by atoms with van der Waals surface area (Å²) < 4.78 is 26.7. The van der Waals surface area contributed by atoms with Gasteiger partial charge in [-0.1, -0.05) is 12.1 Å². The Bertz CT molecular complexity index is 1050. The SMILES string of the molecule is CC(C)NS(=O)(=O)c1ccc(NC(=O)c2cnc3ccccc3n2)cc1. The van der Waals surface area contributed by atoms with Gasteiger partial charge in [-0.05, 0) is 50.2 Å². The number of hydrogen-bond donors (Lipinski definition) is 2. The van der Waals surface area contributed by atoms with Gasteiger partial charge in [-0.3, -0.25) is 9.78 Å². The van der Waals surface area contributed by atoms with Gasteiger partial charge in [-0.25, -0.2) is 18.1 Å². The number of anilines is 1. The third kappa shape index (κ3) is 4.04. The quantitative estimate of drug-likeness (QED) is 0.719. The Morgan fingerprint density at radius 3 is 2.31 bits per heavy atom. The maximum Gasteiger partial charge on any atom is 0.275 e. The van der Waals surface area contributed by atoms with E-state index in [9.17, 15) is 13.2 Å². The van der Waals surface area contributed by atoms with Gasteiger partial charge in [0.2, 0.25) is 10.0 Å². The minimum absolute atomic E-state index is 0.134. The second-order valence-corrected chi connectivity index (χ2v) is 7.71. The Balaban J connectivity index is 1.76. The van der Waals surface area contributed by atoms with Crippen LogP contribution in [0.25, 0.3) is 11.0 Å². The maximum atomic E-state index is 12.3. The van der Waals surface area contributed by atoms with Gasteiger partial charge in [-0.15, -0.1) is 0 Å². The summed E-state index contributed by atoms with van der Waals surface area (Å²) >= 11 is 0. The van der Waals surface area contributed by atoms with Gasteiger partial charge in [0.15, 0.2) is 0 Å². The second kappa shape index (κ2) is 7.19. The molecule has 1 aromatic heterocycles. The van der Waals surface area contributed by atoms with Gasteiger partial charge >= 0.3 is 0 Å². The van der Waals surface area contributed by atoms with Crippen molar-refractivity contribution < 1.29 is 13.2 Å². The maximum absolute atomic E-state index is 12.3. The third-order valence-electron chi connectivity index (χ3n) is 3.49. The van der Waals surface area contributed by atoms with Crippen molar-refractivity contribution >= 4 is 32.7 Å². The van der Waals surface area contributed by atoms with Crippen molar-refractivity contribution in [3.05, 3.63) is 60.4 Å². The highest BCUT2D eigenvalue weighted by atomic mass is 32.2. The number of nitrogens with one attached hydrogen (secondary N) is 2. The Hall–Kier alpha value is -2.84. The summed E-state index contributed by atoms with van der Waals surface area (Å²) in [5, 5.41) is 2.69. The molecule has 2 aromatic carbocycles. The number of carbonyl (C=O) groups excluding carboxylic acids is 1. The number of rotatable bonds is 5. The highest BCUT2D eigenvalue weighted by Gasteiger charge is 2.15. The Labute approximate surface area is 151 Å². The van der Waals surface area contributed by atoms with Crippen LogP contribution in [0.5, 0.6) is 0 Å². The number of fused-ring (bicyclic) bond motifs is 1. The molecule has 0 radical (unpaired) electrons. The van der Waals surface area contributed by atoms with Crippen molar-refractivity contribution in [2.45, 2.75) is 24.8 Å². The van der Waals surface area contributed by atoms with Crippen LogP contribution in [-0.4, -0.2) is 30.3 Å². The summed E-state index contributed by atoms with van der Waals surface area (Å²) in [6, 6.07) is 13.0.